The summed E-state index contributed by atoms with van der Waals surface area (Å²) in [6.45, 7) is 3.74. The van der Waals surface area contributed by atoms with Crippen LogP contribution in [0.4, 0.5) is 11.4 Å². The predicted octanol–water partition coefficient (Wildman–Crippen LogP) is 5.09. The van der Waals surface area contributed by atoms with E-state index in [4.69, 9.17) is 9.47 Å². The highest BCUT2D eigenvalue weighted by Gasteiger charge is 2.27. The van der Waals surface area contributed by atoms with Gasteiger partial charge in [-0.3, -0.25) is 0 Å². The maximum Gasteiger partial charge on any atom is 0.357 e. The molecule has 0 amide bonds. The van der Waals surface area contributed by atoms with Crippen molar-refractivity contribution in [2.45, 2.75) is 13.8 Å². The van der Waals surface area contributed by atoms with E-state index in [1.165, 1.54) is 0 Å². The van der Waals surface area contributed by atoms with Gasteiger partial charge in [0.15, 0.2) is 5.69 Å². The van der Waals surface area contributed by atoms with Crippen LogP contribution in [-0.4, -0.2) is 30.1 Å². The number of pyridine rings is 1. The minimum absolute atomic E-state index is 0.0507. The third kappa shape index (κ3) is 3.99. The normalized spacial score (nSPS) is 10.5. The number of ether oxygens (including phenoxy) is 2. The van der Waals surface area contributed by atoms with Crippen LogP contribution in [0, 0.1) is 0 Å². The Bertz CT molecular complexity index is 1040. The van der Waals surface area contributed by atoms with Gasteiger partial charge in [0.1, 0.15) is 5.56 Å². The molecule has 3 aromatic rings. The third-order valence-electron chi connectivity index (χ3n) is 3.97. The highest BCUT2D eigenvalue weighted by atomic mass is 79.9. The molecule has 0 aliphatic carbocycles. The summed E-state index contributed by atoms with van der Waals surface area (Å²) in [7, 11) is 0. The molecule has 0 radical (unpaired) electrons. The zero-order valence-electron chi connectivity index (χ0n) is 15.5. The number of para-hydroxylation sites is 2. The molecule has 0 fully saturated rings. The van der Waals surface area contributed by atoms with Crippen molar-refractivity contribution in [3.63, 3.8) is 0 Å². The van der Waals surface area contributed by atoms with Crippen LogP contribution in [-0.2, 0) is 9.47 Å². The highest BCUT2D eigenvalue weighted by molar-refractivity contribution is 9.10. The third-order valence-corrected chi connectivity index (χ3v) is 4.67. The Hall–Kier alpha value is -2.93. The number of nitrogens with one attached hydrogen (secondary N) is 1. The Kier molecular flexibility index (Phi) is 6.26. The molecule has 7 heteroatoms. The van der Waals surface area contributed by atoms with Crippen LogP contribution in [0.1, 0.15) is 34.7 Å². The van der Waals surface area contributed by atoms with E-state index in [1.54, 1.807) is 19.9 Å². The number of hydrogen-bond acceptors (Lipinski definition) is 6. The number of fused-ring (bicyclic) bond motifs is 1. The number of aromatic nitrogens is 1. The first-order chi connectivity index (χ1) is 13.6. The lowest BCUT2D eigenvalue weighted by atomic mass is 10.0. The van der Waals surface area contributed by atoms with Crippen LogP contribution in [0.2, 0.25) is 0 Å². The second-order valence-electron chi connectivity index (χ2n) is 5.77. The summed E-state index contributed by atoms with van der Waals surface area (Å²) < 4.78 is 11.2. The van der Waals surface area contributed by atoms with Crippen LogP contribution >= 0.6 is 15.9 Å². The number of halogens is 1. The van der Waals surface area contributed by atoms with Gasteiger partial charge in [-0.05, 0) is 48.0 Å². The minimum Gasteiger partial charge on any atom is -0.462 e. The number of rotatable bonds is 6. The van der Waals surface area contributed by atoms with Crippen LogP contribution in [0.25, 0.3) is 10.9 Å². The summed E-state index contributed by atoms with van der Waals surface area (Å²) in [6, 6.07) is 14.8. The fraction of sp³-hybridized carbons (Fsp3) is 0.190. The number of hydrogen-bond donors (Lipinski definition) is 1. The number of benzene rings is 2. The van der Waals surface area contributed by atoms with Gasteiger partial charge in [-0.2, -0.15) is 0 Å². The second kappa shape index (κ2) is 8.84. The first-order valence-corrected chi connectivity index (χ1v) is 9.64. The van der Waals surface area contributed by atoms with Gasteiger partial charge in [0.2, 0.25) is 0 Å². The van der Waals surface area contributed by atoms with E-state index in [2.05, 4.69) is 26.2 Å². The SMILES string of the molecule is CCOC(=O)c1nc2ccccc2c(Nc2ccccc2Br)c1C(=O)OCC. The van der Waals surface area contributed by atoms with Crippen molar-refractivity contribution in [1.82, 2.24) is 4.98 Å². The fourth-order valence-corrected chi connectivity index (χ4v) is 3.17. The first-order valence-electron chi connectivity index (χ1n) is 8.85. The van der Waals surface area contributed by atoms with Gasteiger partial charge in [0.05, 0.1) is 30.1 Å². The Labute approximate surface area is 171 Å². The van der Waals surface area contributed by atoms with E-state index in [0.717, 1.165) is 10.2 Å². The largest absolute Gasteiger partial charge is 0.462 e. The topological polar surface area (TPSA) is 77.5 Å². The van der Waals surface area contributed by atoms with Crippen molar-refractivity contribution in [3.8, 4) is 0 Å². The monoisotopic (exact) mass is 442 g/mol. The van der Waals surface area contributed by atoms with Gasteiger partial charge >= 0.3 is 11.9 Å². The maximum absolute atomic E-state index is 12.8. The van der Waals surface area contributed by atoms with E-state index < -0.39 is 11.9 Å². The zero-order valence-corrected chi connectivity index (χ0v) is 17.1. The van der Waals surface area contributed by atoms with E-state index in [0.29, 0.717) is 16.6 Å². The van der Waals surface area contributed by atoms with Crippen LogP contribution in [0.15, 0.2) is 53.0 Å². The van der Waals surface area contributed by atoms with E-state index in [1.807, 2.05) is 42.5 Å². The molecule has 0 aliphatic heterocycles. The van der Waals surface area contributed by atoms with Crippen molar-refractivity contribution in [2.75, 3.05) is 18.5 Å². The predicted molar refractivity (Wildman–Crippen MR) is 111 cm³/mol. The van der Waals surface area contributed by atoms with Crippen molar-refractivity contribution >= 4 is 50.1 Å². The molecule has 28 heavy (non-hydrogen) atoms. The molecule has 0 aliphatic rings. The van der Waals surface area contributed by atoms with E-state index in [9.17, 15) is 9.59 Å². The number of anilines is 2. The molecular formula is C21H19BrN2O4. The average Bonchev–Trinajstić information content (AvgIpc) is 2.69. The summed E-state index contributed by atoms with van der Waals surface area (Å²) in [5, 5.41) is 3.95. The summed E-state index contributed by atoms with van der Waals surface area (Å²) >= 11 is 3.50. The van der Waals surface area contributed by atoms with Crippen molar-refractivity contribution in [2.24, 2.45) is 0 Å². The second-order valence-corrected chi connectivity index (χ2v) is 6.63. The molecule has 3 rings (SSSR count). The van der Waals surface area contributed by atoms with Gasteiger partial charge in [-0.25, -0.2) is 14.6 Å². The Morgan fingerprint density at radius 2 is 1.61 bits per heavy atom. The molecule has 2 aromatic carbocycles. The molecular weight excluding hydrogens is 424 g/mol. The molecule has 1 N–H and O–H groups in total. The van der Waals surface area contributed by atoms with Gasteiger partial charge < -0.3 is 14.8 Å². The molecule has 0 atom stereocenters. The number of esters is 2. The van der Waals surface area contributed by atoms with Gasteiger partial charge in [0.25, 0.3) is 0 Å². The van der Waals surface area contributed by atoms with Crippen molar-refractivity contribution < 1.29 is 19.1 Å². The van der Waals surface area contributed by atoms with Crippen LogP contribution in [0.5, 0.6) is 0 Å². The number of carbonyl (C=O) groups is 2. The summed E-state index contributed by atoms with van der Waals surface area (Å²) in [4.78, 5) is 29.7. The Balaban J connectivity index is 2.30. The van der Waals surface area contributed by atoms with Crippen molar-refractivity contribution in [1.29, 1.82) is 0 Å². The maximum atomic E-state index is 12.8. The molecule has 1 aromatic heterocycles. The zero-order chi connectivity index (χ0) is 20.1. The highest BCUT2D eigenvalue weighted by Crippen LogP contribution is 2.34. The molecule has 0 bridgehead atoms. The van der Waals surface area contributed by atoms with Gasteiger partial charge in [-0.1, -0.05) is 30.3 Å². The summed E-state index contributed by atoms with van der Waals surface area (Å²) in [5.74, 6) is -1.31. The number of nitrogens with zero attached hydrogens (tertiary/aromatic N) is 1. The summed E-state index contributed by atoms with van der Waals surface area (Å²) in [6.07, 6.45) is 0. The van der Waals surface area contributed by atoms with E-state index in [-0.39, 0.29) is 24.5 Å². The summed E-state index contributed by atoms with van der Waals surface area (Å²) in [5.41, 5.74) is 1.72. The van der Waals surface area contributed by atoms with E-state index >= 15 is 0 Å². The lowest BCUT2D eigenvalue weighted by molar-refractivity contribution is 0.0475. The van der Waals surface area contributed by atoms with Crippen LogP contribution < -0.4 is 5.32 Å². The molecule has 6 nitrogen and oxygen atoms in total. The minimum atomic E-state index is -0.675. The first kappa shape index (κ1) is 19.8. The quantitative estimate of drug-likeness (QED) is 0.535. The lowest BCUT2D eigenvalue weighted by Gasteiger charge is -2.17. The Morgan fingerprint density at radius 3 is 2.32 bits per heavy atom. The van der Waals surface area contributed by atoms with Crippen LogP contribution in [0.3, 0.4) is 0 Å². The Morgan fingerprint density at radius 1 is 0.964 bits per heavy atom. The average molecular weight is 443 g/mol. The fourth-order valence-electron chi connectivity index (χ4n) is 2.79. The molecule has 144 valence electrons. The van der Waals surface area contributed by atoms with Crippen molar-refractivity contribution in [3.05, 3.63) is 64.3 Å². The standard InChI is InChI=1S/C21H19BrN2O4/c1-3-27-20(25)17-18(24-16-12-8-6-10-14(16)22)13-9-5-7-11-15(13)23-19(17)21(26)28-4-2/h5-12H,3-4H2,1-2H3,(H,23,24). The molecule has 0 saturated carbocycles. The molecule has 0 saturated heterocycles. The molecule has 0 spiro atoms. The van der Waals surface area contributed by atoms with Gasteiger partial charge in [-0.15, -0.1) is 0 Å². The van der Waals surface area contributed by atoms with Gasteiger partial charge in [0, 0.05) is 9.86 Å². The number of carbonyl (C=O) groups excluding carboxylic acids is 2. The smallest absolute Gasteiger partial charge is 0.357 e. The lowest BCUT2D eigenvalue weighted by Crippen LogP contribution is -2.18. The molecule has 0 unspecified atom stereocenters. The molecule has 1 heterocycles.